The maximum atomic E-state index is 6.12. The second kappa shape index (κ2) is 3.88. The van der Waals surface area contributed by atoms with Crippen molar-refractivity contribution in [3.05, 3.63) is 48.5 Å². The fraction of sp³-hybridized carbons (Fsp3) is 0. The molecule has 0 saturated carbocycles. The van der Waals surface area contributed by atoms with Gasteiger partial charge in [-0.05, 0) is 12.1 Å². The van der Waals surface area contributed by atoms with Crippen molar-refractivity contribution in [2.75, 3.05) is 0 Å². The molecule has 108 valence electrons. The number of benzene rings is 3. The number of rotatable bonds is 0. The summed E-state index contributed by atoms with van der Waals surface area (Å²) in [6.07, 6.45) is 0. The molecule has 4 nitrogen and oxygen atoms in total. The summed E-state index contributed by atoms with van der Waals surface area (Å²) >= 11 is 1.22. The second-order valence-corrected chi connectivity index (χ2v) is 6.09. The summed E-state index contributed by atoms with van der Waals surface area (Å²) in [6.45, 7) is 0. The standard InChI is InChI=1S/C18H8N2O2S/c1-3-7-11-9(5-1)13-15-16(20-23-19-15)14-10-6-2-4-8-12(10)22-18(14)17(13)21-11/h1-8H. The first-order valence-electron chi connectivity index (χ1n) is 7.28. The fourth-order valence-corrected chi connectivity index (χ4v) is 3.96. The van der Waals surface area contributed by atoms with Crippen molar-refractivity contribution in [3.63, 3.8) is 0 Å². The summed E-state index contributed by atoms with van der Waals surface area (Å²) < 4.78 is 21.3. The van der Waals surface area contributed by atoms with Gasteiger partial charge in [0.1, 0.15) is 22.2 Å². The molecule has 0 fully saturated rings. The Morgan fingerprint density at radius 3 is 1.65 bits per heavy atom. The molecule has 0 spiro atoms. The van der Waals surface area contributed by atoms with Crippen LogP contribution >= 0.6 is 11.7 Å². The lowest BCUT2D eigenvalue weighted by Gasteiger charge is -1.94. The summed E-state index contributed by atoms with van der Waals surface area (Å²) in [6, 6.07) is 16.0. The topological polar surface area (TPSA) is 52.1 Å². The number of hydrogen-bond acceptors (Lipinski definition) is 5. The first kappa shape index (κ1) is 11.6. The van der Waals surface area contributed by atoms with Crippen molar-refractivity contribution < 1.29 is 8.83 Å². The predicted octanol–water partition coefficient (Wildman–Crippen LogP) is 5.49. The van der Waals surface area contributed by atoms with Crippen LogP contribution in [0.25, 0.3) is 54.9 Å². The molecule has 0 radical (unpaired) electrons. The molecule has 3 heterocycles. The lowest BCUT2D eigenvalue weighted by atomic mass is 10.1. The van der Waals surface area contributed by atoms with E-state index >= 15 is 0 Å². The van der Waals surface area contributed by atoms with Crippen LogP contribution in [0.3, 0.4) is 0 Å². The highest BCUT2D eigenvalue weighted by molar-refractivity contribution is 7.00. The van der Waals surface area contributed by atoms with Crippen LogP contribution in [-0.4, -0.2) is 8.75 Å². The largest absolute Gasteiger partial charge is 0.452 e. The van der Waals surface area contributed by atoms with Crippen LogP contribution in [-0.2, 0) is 0 Å². The first-order chi connectivity index (χ1) is 11.4. The Bertz CT molecular complexity index is 1270. The average molecular weight is 316 g/mol. The zero-order valence-electron chi connectivity index (χ0n) is 11.7. The minimum Gasteiger partial charge on any atom is -0.452 e. The molecule has 3 aromatic heterocycles. The van der Waals surface area contributed by atoms with Gasteiger partial charge >= 0.3 is 0 Å². The maximum Gasteiger partial charge on any atom is 0.180 e. The third kappa shape index (κ3) is 1.31. The summed E-state index contributed by atoms with van der Waals surface area (Å²) in [5, 5.41) is 4.05. The Hall–Kier alpha value is -2.92. The molecule has 6 aromatic rings. The summed E-state index contributed by atoms with van der Waals surface area (Å²) in [4.78, 5) is 0. The fourth-order valence-electron chi connectivity index (χ4n) is 3.40. The molecule has 0 atom stereocenters. The van der Waals surface area contributed by atoms with Gasteiger partial charge in [0.2, 0.25) is 0 Å². The molecular weight excluding hydrogens is 308 g/mol. The number of para-hydroxylation sites is 2. The number of furan rings is 2. The summed E-state index contributed by atoms with van der Waals surface area (Å²) in [7, 11) is 0. The number of aromatic nitrogens is 2. The summed E-state index contributed by atoms with van der Waals surface area (Å²) in [5.74, 6) is 0. The molecule has 23 heavy (non-hydrogen) atoms. The maximum absolute atomic E-state index is 6.12. The van der Waals surface area contributed by atoms with Gasteiger partial charge < -0.3 is 8.83 Å². The molecule has 0 bridgehead atoms. The van der Waals surface area contributed by atoms with Gasteiger partial charge in [0.25, 0.3) is 0 Å². The smallest absolute Gasteiger partial charge is 0.180 e. The number of hydrogen-bond donors (Lipinski definition) is 0. The second-order valence-electron chi connectivity index (χ2n) is 5.57. The Morgan fingerprint density at radius 1 is 0.652 bits per heavy atom. The van der Waals surface area contributed by atoms with E-state index in [1.807, 2.05) is 36.4 Å². The molecule has 0 aliphatic carbocycles. The van der Waals surface area contributed by atoms with Gasteiger partial charge in [-0.25, -0.2) is 0 Å². The van der Waals surface area contributed by atoms with Crippen LogP contribution in [0.4, 0.5) is 0 Å². The van der Waals surface area contributed by atoms with Gasteiger partial charge in [-0.15, -0.1) is 0 Å². The normalized spacial score (nSPS) is 12.3. The number of fused-ring (bicyclic) bond motifs is 10. The SMILES string of the molecule is c1ccc2c(c1)oc1c3oc4ccccc4c3c3nsnc3c21. The van der Waals surface area contributed by atoms with E-state index in [2.05, 4.69) is 20.9 Å². The van der Waals surface area contributed by atoms with E-state index in [0.717, 1.165) is 54.9 Å². The third-order valence-electron chi connectivity index (χ3n) is 4.36. The zero-order chi connectivity index (χ0) is 15.0. The predicted molar refractivity (Wildman–Crippen MR) is 92.0 cm³/mol. The van der Waals surface area contributed by atoms with Crippen molar-refractivity contribution in [1.82, 2.24) is 8.75 Å². The van der Waals surface area contributed by atoms with Crippen molar-refractivity contribution in [1.29, 1.82) is 0 Å². The van der Waals surface area contributed by atoms with Crippen LogP contribution in [0.2, 0.25) is 0 Å². The van der Waals surface area contributed by atoms with E-state index < -0.39 is 0 Å². The van der Waals surface area contributed by atoms with E-state index in [9.17, 15) is 0 Å². The Labute approximate surface area is 133 Å². The first-order valence-corrected chi connectivity index (χ1v) is 8.01. The van der Waals surface area contributed by atoms with E-state index in [4.69, 9.17) is 8.83 Å². The van der Waals surface area contributed by atoms with Gasteiger partial charge in [-0.3, -0.25) is 0 Å². The van der Waals surface area contributed by atoms with Gasteiger partial charge in [-0.2, -0.15) is 8.75 Å². The van der Waals surface area contributed by atoms with Crippen LogP contribution in [0.5, 0.6) is 0 Å². The average Bonchev–Trinajstić information content (AvgIpc) is 3.28. The highest BCUT2D eigenvalue weighted by Gasteiger charge is 2.22. The van der Waals surface area contributed by atoms with Crippen molar-refractivity contribution in [2.24, 2.45) is 0 Å². The van der Waals surface area contributed by atoms with E-state index in [0.29, 0.717) is 0 Å². The van der Waals surface area contributed by atoms with E-state index in [-0.39, 0.29) is 0 Å². The Morgan fingerprint density at radius 2 is 1.13 bits per heavy atom. The van der Waals surface area contributed by atoms with Crippen LogP contribution in [0.15, 0.2) is 57.4 Å². The van der Waals surface area contributed by atoms with Gasteiger partial charge in [0, 0.05) is 10.8 Å². The van der Waals surface area contributed by atoms with Crippen molar-refractivity contribution in [2.45, 2.75) is 0 Å². The minimum absolute atomic E-state index is 0.748. The highest BCUT2D eigenvalue weighted by Crippen LogP contribution is 2.43. The molecule has 0 unspecified atom stereocenters. The van der Waals surface area contributed by atoms with Gasteiger partial charge in [0.15, 0.2) is 11.2 Å². The molecular formula is C18H8N2O2S. The van der Waals surface area contributed by atoms with E-state index in [1.165, 1.54) is 11.7 Å². The molecule has 3 aromatic carbocycles. The van der Waals surface area contributed by atoms with Crippen molar-refractivity contribution >= 4 is 66.6 Å². The Balaban J connectivity index is 2.07. The zero-order valence-corrected chi connectivity index (χ0v) is 12.6. The molecule has 0 amide bonds. The molecule has 6 rings (SSSR count). The third-order valence-corrected chi connectivity index (χ3v) is 4.89. The molecule has 0 saturated heterocycles. The highest BCUT2D eigenvalue weighted by atomic mass is 32.1. The van der Waals surface area contributed by atoms with Crippen molar-refractivity contribution in [3.8, 4) is 0 Å². The molecule has 0 aliphatic heterocycles. The molecule has 0 N–H and O–H groups in total. The van der Waals surface area contributed by atoms with Crippen LogP contribution in [0, 0.1) is 0 Å². The molecule has 5 heteroatoms. The van der Waals surface area contributed by atoms with E-state index in [1.54, 1.807) is 0 Å². The van der Waals surface area contributed by atoms with Gasteiger partial charge in [-0.1, -0.05) is 36.4 Å². The van der Waals surface area contributed by atoms with Crippen LogP contribution in [0.1, 0.15) is 0 Å². The lowest BCUT2D eigenvalue weighted by molar-refractivity contribution is 0.633. The van der Waals surface area contributed by atoms with Gasteiger partial charge in [0.05, 0.1) is 22.5 Å². The lowest BCUT2D eigenvalue weighted by Crippen LogP contribution is -1.76. The minimum atomic E-state index is 0.748. The number of nitrogens with zero attached hydrogens (tertiary/aromatic N) is 2. The summed E-state index contributed by atoms with van der Waals surface area (Å²) in [5.41, 5.74) is 4.94. The molecule has 0 aliphatic rings. The Kier molecular flexibility index (Phi) is 1.96. The van der Waals surface area contributed by atoms with Crippen LogP contribution < -0.4 is 0 Å². The monoisotopic (exact) mass is 316 g/mol. The quantitative estimate of drug-likeness (QED) is 0.372.